The van der Waals surface area contributed by atoms with E-state index in [1.54, 1.807) is 4.68 Å². The summed E-state index contributed by atoms with van der Waals surface area (Å²) in [5, 5.41) is 6.99. The fourth-order valence-electron chi connectivity index (χ4n) is 2.63. The zero-order valence-corrected chi connectivity index (χ0v) is 14.3. The van der Waals surface area contributed by atoms with E-state index in [0.29, 0.717) is 22.8 Å². The number of nitrogens with one attached hydrogen (secondary N) is 1. The van der Waals surface area contributed by atoms with E-state index >= 15 is 0 Å². The van der Waals surface area contributed by atoms with E-state index in [0.717, 1.165) is 12.1 Å². The van der Waals surface area contributed by atoms with E-state index in [1.165, 1.54) is 6.07 Å². The Hall–Kier alpha value is -2.09. The Balaban J connectivity index is 2.04. The van der Waals surface area contributed by atoms with Crippen LogP contribution in [0.4, 0.5) is 14.6 Å². The minimum absolute atomic E-state index is 0.265. The van der Waals surface area contributed by atoms with Crippen molar-refractivity contribution in [2.24, 2.45) is 0 Å². The quantitative estimate of drug-likeness (QED) is 0.903. The molecule has 1 atom stereocenters. The van der Waals surface area contributed by atoms with Crippen LogP contribution in [0.1, 0.15) is 42.4 Å². The molecule has 2 aromatic rings. The van der Waals surface area contributed by atoms with Gasteiger partial charge in [0.05, 0.1) is 22.7 Å². The number of hydrogen-bond donors (Lipinski definition) is 1. The van der Waals surface area contributed by atoms with Gasteiger partial charge in [0, 0.05) is 16.4 Å². The monoisotopic (exact) mass is 353 g/mol. The second-order valence-electron chi connectivity index (χ2n) is 6.64. The van der Waals surface area contributed by atoms with Gasteiger partial charge in [-0.15, -0.1) is 0 Å². The molecular formula is C16H17F2N3O2S. The summed E-state index contributed by atoms with van der Waals surface area (Å²) in [6, 6.07) is 3.25. The highest BCUT2D eigenvalue weighted by Gasteiger charge is 2.32. The molecule has 0 fully saturated rings. The van der Waals surface area contributed by atoms with Crippen molar-refractivity contribution in [2.75, 3.05) is 5.32 Å². The third-order valence-electron chi connectivity index (χ3n) is 3.73. The maximum atomic E-state index is 13.8. The molecule has 5 nitrogen and oxygen atoms in total. The van der Waals surface area contributed by atoms with Crippen LogP contribution in [-0.2, 0) is 27.8 Å². The predicted octanol–water partition coefficient (Wildman–Crippen LogP) is 2.93. The molecule has 0 saturated carbocycles. The van der Waals surface area contributed by atoms with Crippen molar-refractivity contribution < 1.29 is 17.8 Å². The van der Waals surface area contributed by atoms with Crippen LogP contribution in [0.25, 0.3) is 0 Å². The lowest BCUT2D eigenvalue weighted by molar-refractivity contribution is 0.101. The largest absolute Gasteiger partial charge is 0.306 e. The summed E-state index contributed by atoms with van der Waals surface area (Å²) >= 11 is 0. The van der Waals surface area contributed by atoms with Crippen molar-refractivity contribution in [1.82, 2.24) is 9.78 Å². The van der Waals surface area contributed by atoms with Gasteiger partial charge in [0.25, 0.3) is 5.91 Å². The van der Waals surface area contributed by atoms with Crippen molar-refractivity contribution in [2.45, 2.75) is 37.8 Å². The summed E-state index contributed by atoms with van der Waals surface area (Å²) in [7, 11) is -1.08. The Morgan fingerprint density at radius 1 is 1.25 bits per heavy atom. The Morgan fingerprint density at radius 2 is 1.88 bits per heavy atom. The molecule has 0 saturated heterocycles. The zero-order chi connectivity index (χ0) is 17.6. The van der Waals surface area contributed by atoms with Gasteiger partial charge in [-0.2, -0.15) is 5.10 Å². The normalized spacial score (nSPS) is 17.0. The molecule has 0 radical (unpaired) electrons. The standard InChI is InChI=1S/C16H17F2N3O2S/c1-16(2,3)21-14(9-7-24(23)8-12(9)20-21)19-15(22)13-10(17)5-4-6-11(13)18/h4-6H,7-8H2,1-3H3,(H,19,22). The molecule has 1 aliphatic heterocycles. The molecule has 24 heavy (non-hydrogen) atoms. The summed E-state index contributed by atoms with van der Waals surface area (Å²) < 4.78 is 41.0. The molecule has 0 spiro atoms. The minimum Gasteiger partial charge on any atom is -0.306 e. The molecule has 0 bridgehead atoms. The molecule has 1 N–H and O–H groups in total. The van der Waals surface area contributed by atoms with Crippen LogP contribution < -0.4 is 5.32 Å². The number of amides is 1. The summed E-state index contributed by atoms with van der Waals surface area (Å²) in [6.07, 6.45) is 0. The van der Waals surface area contributed by atoms with Crippen LogP contribution in [-0.4, -0.2) is 19.9 Å². The number of nitrogens with zero attached hydrogens (tertiary/aromatic N) is 2. The average molecular weight is 353 g/mol. The Labute approximate surface area is 140 Å². The predicted molar refractivity (Wildman–Crippen MR) is 87.1 cm³/mol. The number of carbonyl (C=O) groups is 1. The molecule has 2 heterocycles. The van der Waals surface area contributed by atoms with E-state index < -0.39 is 39.4 Å². The van der Waals surface area contributed by atoms with Crippen LogP contribution in [0.5, 0.6) is 0 Å². The van der Waals surface area contributed by atoms with Gasteiger partial charge in [0.15, 0.2) is 0 Å². The van der Waals surface area contributed by atoms with Crippen molar-refractivity contribution >= 4 is 22.5 Å². The molecular weight excluding hydrogens is 336 g/mol. The number of rotatable bonds is 2. The first kappa shape index (κ1) is 16.8. The molecule has 1 amide bonds. The lowest BCUT2D eigenvalue weighted by atomic mass is 10.1. The van der Waals surface area contributed by atoms with E-state index in [9.17, 15) is 17.8 Å². The number of benzene rings is 1. The summed E-state index contributed by atoms with van der Waals surface area (Å²) in [5.41, 5.74) is 0.204. The van der Waals surface area contributed by atoms with Gasteiger partial charge >= 0.3 is 0 Å². The highest BCUT2D eigenvalue weighted by atomic mass is 32.2. The second kappa shape index (κ2) is 5.77. The molecule has 128 valence electrons. The zero-order valence-electron chi connectivity index (χ0n) is 13.5. The van der Waals surface area contributed by atoms with Crippen LogP contribution >= 0.6 is 0 Å². The van der Waals surface area contributed by atoms with Crippen molar-refractivity contribution in [3.8, 4) is 0 Å². The first-order valence-corrected chi connectivity index (χ1v) is 8.89. The maximum absolute atomic E-state index is 13.8. The third-order valence-corrected chi connectivity index (χ3v) is 4.93. The molecule has 3 rings (SSSR count). The number of anilines is 1. The Morgan fingerprint density at radius 3 is 2.46 bits per heavy atom. The molecule has 1 aromatic carbocycles. The fraction of sp³-hybridized carbons (Fsp3) is 0.375. The fourth-order valence-corrected chi connectivity index (χ4v) is 3.89. The topological polar surface area (TPSA) is 64.0 Å². The van der Waals surface area contributed by atoms with Crippen LogP contribution in [0.2, 0.25) is 0 Å². The number of fused-ring (bicyclic) bond motifs is 1. The molecule has 1 unspecified atom stereocenters. The minimum atomic E-state index is -1.08. The van der Waals surface area contributed by atoms with Crippen LogP contribution in [0.15, 0.2) is 18.2 Å². The maximum Gasteiger partial charge on any atom is 0.262 e. The van der Waals surface area contributed by atoms with Gasteiger partial charge < -0.3 is 5.32 Å². The van der Waals surface area contributed by atoms with Gasteiger partial charge in [-0.25, -0.2) is 13.5 Å². The van der Waals surface area contributed by atoms with Gasteiger partial charge in [0.2, 0.25) is 0 Å². The van der Waals surface area contributed by atoms with Crippen molar-refractivity contribution in [3.63, 3.8) is 0 Å². The summed E-state index contributed by atoms with van der Waals surface area (Å²) in [6.45, 7) is 5.68. The van der Waals surface area contributed by atoms with Gasteiger partial charge in [-0.3, -0.25) is 9.00 Å². The van der Waals surface area contributed by atoms with Crippen molar-refractivity contribution in [1.29, 1.82) is 0 Å². The number of halogens is 2. The van der Waals surface area contributed by atoms with Gasteiger partial charge in [0.1, 0.15) is 23.0 Å². The van der Waals surface area contributed by atoms with E-state index in [4.69, 9.17) is 0 Å². The number of hydrogen-bond acceptors (Lipinski definition) is 3. The average Bonchev–Trinajstić information content (AvgIpc) is 2.96. The summed E-state index contributed by atoms with van der Waals surface area (Å²) in [5.74, 6) is -1.84. The summed E-state index contributed by atoms with van der Waals surface area (Å²) in [4.78, 5) is 12.4. The molecule has 8 heteroatoms. The van der Waals surface area contributed by atoms with E-state index in [-0.39, 0.29) is 5.75 Å². The third kappa shape index (κ3) is 2.86. The molecule has 1 aliphatic rings. The Bertz CT molecular complexity index is 835. The second-order valence-corrected chi connectivity index (χ2v) is 8.09. The molecule has 0 aliphatic carbocycles. The van der Waals surface area contributed by atoms with E-state index in [2.05, 4.69) is 10.4 Å². The first-order chi connectivity index (χ1) is 11.2. The lowest BCUT2D eigenvalue weighted by Gasteiger charge is -2.23. The number of carbonyl (C=O) groups excluding carboxylic acids is 1. The van der Waals surface area contributed by atoms with E-state index in [1.807, 2.05) is 20.8 Å². The highest BCUT2D eigenvalue weighted by molar-refractivity contribution is 7.83. The van der Waals surface area contributed by atoms with Gasteiger partial charge in [-0.05, 0) is 32.9 Å². The highest BCUT2D eigenvalue weighted by Crippen LogP contribution is 2.33. The van der Waals surface area contributed by atoms with Crippen LogP contribution in [0, 0.1) is 11.6 Å². The lowest BCUT2D eigenvalue weighted by Crippen LogP contribution is -2.28. The van der Waals surface area contributed by atoms with Crippen LogP contribution in [0.3, 0.4) is 0 Å². The van der Waals surface area contributed by atoms with Gasteiger partial charge in [-0.1, -0.05) is 6.07 Å². The Kier molecular flexibility index (Phi) is 4.03. The SMILES string of the molecule is CC(C)(C)n1nc2c(c1NC(=O)c1c(F)cccc1F)CS(=O)C2. The molecule has 1 aromatic heterocycles. The number of aromatic nitrogens is 2. The first-order valence-electron chi connectivity index (χ1n) is 7.40. The smallest absolute Gasteiger partial charge is 0.262 e. The van der Waals surface area contributed by atoms with Crippen molar-refractivity contribution in [3.05, 3.63) is 46.7 Å².